The summed E-state index contributed by atoms with van der Waals surface area (Å²) in [4.78, 5) is 32.4. The lowest BCUT2D eigenvalue weighted by atomic mass is 9.59. The molecule has 0 aromatic heterocycles. The smallest absolute Gasteiger partial charge is 0.410 e. The average molecular weight is 568 g/mol. The van der Waals surface area contributed by atoms with E-state index in [1.807, 2.05) is 37.8 Å². The predicted octanol–water partition coefficient (Wildman–Crippen LogP) is 6.65. The van der Waals surface area contributed by atoms with Crippen molar-refractivity contribution in [3.05, 3.63) is 70.8 Å². The lowest BCUT2D eigenvalue weighted by Crippen LogP contribution is -2.62. The van der Waals surface area contributed by atoms with Gasteiger partial charge in [-0.1, -0.05) is 44.2 Å². The van der Waals surface area contributed by atoms with Crippen molar-refractivity contribution < 1.29 is 23.1 Å². The average Bonchev–Trinajstić information content (AvgIpc) is 2.88. The minimum atomic E-state index is -0.869. The highest BCUT2D eigenvalue weighted by atomic mass is 19.2. The number of amides is 2. The Bertz CT molecular complexity index is 1270. The van der Waals surface area contributed by atoms with Gasteiger partial charge in [0.2, 0.25) is 5.91 Å². The number of piperidine rings is 1. The SMILES string of the molecule is CC(C)c1ccccc1C1CN(Cc2ccc(F)c(F)c2)CC(=O)N1C1CC2(CCN(C(=O)OC(C)(C)C)CC2)C1. The third-order valence-corrected chi connectivity index (χ3v) is 8.99. The van der Waals surface area contributed by atoms with Gasteiger partial charge in [0, 0.05) is 32.2 Å². The summed E-state index contributed by atoms with van der Waals surface area (Å²) in [6.45, 7) is 12.6. The van der Waals surface area contributed by atoms with Gasteiger partial charge < -0.3 is 14.5 Å². The monoisotopic (exact) mass is 567 g/mol. The molecular weight excluding hydrogens is 524 g/mol. The van der Waals surface area contributed by atoms with Crippen molar-refractivity contribution in [1.29, 1.82) is 0 Å². The molecule has 2 saturated heterocycles. The van der Waals surface area contributed by atoms with Gasteiger partial charge in [0.05, 0.1) is 12.6 Å². The first-order valence-corrected chi connectivity index (χ1v) is 14.9. The van der Waals surface area contributed by atoms with Gasteiger partial charge >= 0.3 is 6.09 Å². The first kappa shape index (κ1) is 29.5. The molecule has 1 saturated carbocycles. The van der Waals surface area contributed by atoms with Gasteiger partial charge in [0.1, 0.15) is 5.60 Å². The van der Waals surface area contributed by atoms with Crippen LogP contribution in [-0.2, 0) is 16.1 Å². The fourth-order valence-corrected chi connectivity index (χ4v) is 6.94. The Balaban J connectivity index is 1.32. The minimum absolute atomic E-state index is 0.0773. The summed E-state index contributed by atoms with van der Waals surface area (Å²) in [5.41, 5.74) is 2.67. The summed E-state index contributed by atoms with van der Waals surface area (Å²) >= 11 is 0. The van der Waals surface area contributed by atoms with Crippen LogP contribution in [0.3, 0.4) is 0 Å². The second kappa shape index (κ2) is 11.3. The van der Waals surface area contributed by atoms with Crippen molar-refractivity contribution in [2.24, 2.45) is 5.41 Å². The second-order valence-electron chi connectivity index (χ2n) is 13.5. The van der Waals surface area contributed by atoms with E-state index in [2.05, 4.69) is 35.8 Å². The third kappa shape index (κ3) is 6.42. The maximum Gasteiger partial charge on any atom is 0.410 e. The number of piperazine rings is 1. The van der Waals surface area contributed by atoms with Gasteiger partial charge in [-0.25, -0.2) is 13.6 Å². The van der Waals surface area contributed by atoms with Gasteiger partial charge in [-0.15, -0.1) is 0 Å². The van der Waals surface area contributed by atoms with E-state index in [0.29, 0.717) is 37.7 Å². The molecule has 1 spiro atoms. The highest BCUT2D eigenvalue weighted by Gasteiger charge is 2.52. The summed E-state index contributed by atoms with van der Waals surface area (Å²) < 4.78 is 33.0. The zero-order valence-corrected chi connectivity index (χ0v) is 25.0. The number of carbonyl (C=O) groups excluding carboxylic acids is 2. The van der Waals surface area contributed by atoms with Crippen LogP contribution in [0, 0.1) is 17.0 Å². The first-order chi connectivity index (χ1) is 19.3. The van der Waals surface area contributed by atoms with Crippen molar-refractivity contribution >= 4 is 12.0 Å². The van der Waals surface area contributed by atoms with E-state index in [4.69, 9.17) is 4.74 Å². The lowest BCUT2D eigenvalue weighted by Gasteiger charge is -2.58. The lowest BCUT2D eigenvalue weighted by molar-refractivity contribution is -0.153. The van der Waals surface area contributed by atoms with E-state index in [1.165, 1.54) is 11.6 Å². The summed E-state index contributed by atoms with van der Waals surface area (Å²) in [6.07, 6.45) is 3.45. The molecule has 2 amide bonds. The molecular formula is C33H43F2N3O3. The van der Waals surface area contributed by atoms with Gasteiger partial charge in [-0.3, -0.25) is 9.69 Å². The Kier molecular flexibility index (Phi) is 8.16. The highest BCUT2D eigenvalue weighted by molar-refractivity contribution is 5.80. The van der Waals surface area contributed by atoms with Crippen molar-refractivity contribution in [2.75, 3.05) is 26.2 Å². The first-order valence-electron chi connectivity index (χ1n) is 14.9. The Labute approximate surface area is 242 Å². The number of benzene rings is 2. The fraction of sp³-hybridized carbons (Fsp3) is 0.576. The maximum atomic E-state index is 13.9. The van der Waals surface area contributed by atoms with Crippen LogP contribution in [0.25, 0.3) is 0 Å². The van der Waals surface area contributed by atoms with E-state index < -0.39 is 17.2 Å². The third-order valence-electron chi connectivity index (χ3n) is 8.99. The van der Waals surface area contributed by atoms with Gasteiger partial charge in [-0.2, -0.15) is 0 Å². The molecule has 2 aromatic rings. The topological polar surface area (TPSA) is 53.1 Å². The Morgan fingerprint density at radius 3 is 2.37 bits per heavy atom. The van der Waals surface area contributed by atoms with Crippen molar-refractivity contribution in [3.63, 3.8) is 0 Å². The molecule has 0 bridgehead atoms. The molecule has 1 atom stereocenters. The maximum absolute atomic E-state index is 13.9. The zero-order chi connectivity index (χ0) is 29.5. The molecule has 1 aliphatic carbocycles. The molecule has 8 heteroatoms. The van der Waals surface area contributed by atoms with Gasteiger partial charge in [0.25, 0.3) is 0 Å². The minimum Gasteiger partial charge on any atom is -0.444 e. The standard InChI is InChI=1S/C33H43F2N3O3/c1-22(2)25-8-6-7-9-26(25)29-20-36(19-23-10-11-27(34)28(35)16-23)21-30(39)38(29)24-17-33(18-24)12-14-37(15-13-33)31(40)41-32(3,4)5/h6-11,16,22,24,29H,12-15,17-21H2,1-5H3. The Morgan fingerprint density at radius 1 is 1.05 bits per heavy atom. The van der Waals surface area contributed by atoms with Crippen molar-refractivity contribution in [2.45, 2.75) is 90.4 Å². The second-order valence-corrected chi connectivity index (χ2v) is 13.5. The highest BCUT2D eigenvalue weighted by Crippen LogP contribution is 2.53. The van der Waals surface area contributed by atoms with E-state index in [0.717, 1.165) is 37.3 Å². The molecule has 2 aliphatic heterocycles. The van der Waals surface area contributed by atoms with Crippen LogP contribution < -0.4 is 0 Å². The number of nitrogens with zero attached hydrogens (tertiary/aromatic N) is 3. The predicted molar refractivity (Wildman–Crippen MR) is 154 cm³/mol. The summed E-state index contributed by atoms with van der Waals surface area (Å²) in [5.74, 6) is -1.36. The summed E-state index contributed by atoms with van der Waals surface area (Å²) in [7, 11) is 0. The van der Waals surface area contributed by atoms with Crippen LogP contribution in [0.15, 0.2) is 42.5 Å². The summed E-state index contributed by atoms with van der Waals surface area (Å²) in [5, 5.41) is 0. The molecule has 2 heterocycles. The van der Waals surface area contributed by atoms with Crippen LogP contribution in [-0.4, -0.2) is 64.5 Å². The quantitative estimate of drug-likeness (QED) is 0.406. The molecule has 6 nitrogen and oxygen atoms in total. The molecule has 0 N–H and O–H groups in total. The van der Waals surface area contributed by atoms with Crippen LogP contribution in [0.5, 0.6) is 0 Å². The largest absolute Gasteiger partial charge is 0.444 e. The number of halogens is 2. The van der Waals surface area contributed by atoms with E-state index in [1.54, 1.807) is 6.07 Å². The molecule has 1 unspecified atom stereocenters. The summed E-state index contributed by atoms with van der Waals surface area (Å²) in [6, 6.07) is 12.3. The molecule has 5 rings (SSSR count). The molecule has 222 valence electrons. The van der Waals surface area contributed by atoms with Crippen LogP contribution in [0.4, 0.5) is 13.6 Å². The van der Waals surface area contributed by atoms with Crippen molar-refractivity contribution in [1.82, 2.24) is 14.7 Å². The van der Waals surface area contributed by atoms with Crippen molar-refractivity contribution in [3.8, 4) is 0 Å². The van der Waals surface area contributed by atoms with Gasteiger partial charge in [-0.05, 0) is 86.6 Å². The zero-order valence-electron chi connectivity index (χ0n) is 25.0. The van der Waals surface area contributed by atoms with Gasteiger partial charge in [0.15, 0.2) is 11.6 Å². The van der Waals surface area contributed by atoms with E-state index >= 15 is 0 Å². The van der Waals surface area contributed by atoms with Crippen LogP contribution >= 0.6 is 0 Å². The fourth-order valence-electron chi connectivity index (χ4n) is 6.94. The molecule has 2 aromatic carbocycles. The van der Waals surface area contributed by atoms with E-state index in [-0.39, 0.29) is 36.0 Å². The number of carbonyl (C=O) groups is 2. The Hall–Kier alpha value is -3.00. The normalized spacial score (nSPS) is 21.9. The Morgan fingerprint density at radius 2 is 1.73 bits per heavy atom. The van der Waals surface area contributed by atoms with Crippen LogP contribution in [0.2, 0.25) is 0 Å². The van der Waals surface area contributed by atoms with Crippen LogP contribution in [0.1, 0.15) is 89.0 Å². The van der Waals surface area contributed by atoms with E-state index in [9.17, 15) is 18.4 Å². The molecule has 3 aliphatic rings. The number of hydrogen-bond acceptors (Lipinski definition) is 4. The number of rotatable bonds is 5. The molecule has 0 radical (unpaired) electrons. The number of likely N-dealkylation sites (tertiary alicyclic amines) is 1. The number of ether oxygens (including phenoxy) is 1. The number of hydrogen-bond donors (Lipinski definition) is 0. The molecule has 41 heavy (non-hydrogen) atoms. The molecule has 3 fully saturated rings.